The van der Waals surface area contributed by atoms with Gasteiger partial charge in [-0.05, 0) is 63.1 Å². The lowest BCUT2D eigenvalue weighted by molar-refractivity contribution is 0.0296. The Morgan fingerprint density at radius 2 is 1.67 bits per heavy atom. The van der Waals surface area contributed by atoms with Crippen LogP contribution in [-0.2, 0) is 11.8 Å². The zero-order chi connectivity index (χ0) is 19.1. The summed E-state index contributed by atoms with van der Waals surface area (Å²) in [6.07, 6.45) is 7.32. The maximum Gasteiger partial charge on any atom is 0.329 e. The van der Waals surface area contributed by atoms with E-state index in [1.165, 1.54) is 25.7 Å². The Morgan fingerprint density at radius 1 is 1.00 bits per heavy atom. The lowest BCUT2D eigenvalue weighted by Crippen LogP contribution is -2.45. The van der Waals surface area contributed by atoms with Crippen molar-refractivity contribution in [3.8, 4) is 0 Å². The second kappa shape index (κ2) is 7.61. The molecule has 0 amide bonds. The molecule has 27 heavy (non-hydrogen) atoms. The molecule has 1 aliphatic heterocycles. The summed E-state index contributed by atoms with van der Waals surface area (Å²) in [5.74, 6) is 0. The van der Waals surface area contributed by atoms with Crippen molar-refractivity contribution in [2.45, 2.75) is 63.6 Å². The van der Waals surface area contributed by atoms with E-state index >= 15 is 0 Å². The average molecular weight is 392 g/mol. The number of aromatic nitrogens is 2. The molecule has 1 saturated heterocycles. The second-order valence-corrected chi connectivity index (χ2v) is 8.64. The molecule has 5 nitrogen and oxygen atoms in total. The van der Waals surface area contributed by atoms with E-state index in [9.17, 15) is 4.79 Å². The highest BCUT2D eigenvalue weighted by Crippen LogP contribution is 2.32. The lowest BCUT2D eigenvalue weighted by Gasteiger charge is -2.40. The number of ether oxygens (including phenoxy) is 1. The van der Waals surface area contributed by atoms with Crippen molar-refractivity contribution in [3.05, 3.63) is 33.2 Å². The van der Waals surface area contributed by atoms with E-state index < -0.39 is 0 Å². The summed E-state index contributed by atoms with van der Waals surface area (Å²) >= 11 is 6.29. The van der Waals surface area contributed by atoms with E-state index in [0.717, 1.165) is 47.6 Å². The normalized spacial score (nSPS) is 25.3. The predicted octanol–water partition coefficient (Wildman–Crippen LogP) is 3.90. The molecule has 1 aliphatic carbocycles. The Labute approximate surface area is 165 Å². The van der Waals surface area contributed by atoms with Gasteiger partial charge in [0.15, 0.2) is 0 Å². The molecule has 2 heterocycles. The van der Waals surface area contributed by atoms with Crippen LogP contribution in [0.4, 0.5) is 0 Å². The van der Waals surface area contributed by atoms with Crippen molar-refractivity contribution in [2.24, 2.45) is 7.05 Å². The highest BCUT2D eigenvalue weighted by Gasteiger charge is 2.30. The minimum absolute atomic E-state index is 0.0747. The van der Waals surface area contributed by atoms with Gasteiger partial charge in [-0.25, -0.2) is 4.79 Å². The molecule has 1 saturated carbocycles. The highest BCUT2D eigenvalue weighted by atomic mass is 35.5. The molecule has 2 aliphatic rings. The number of aryl methyl sites for hydroxylation is 2. The van der Waals surface area contributed by atoms with Gasteiger partial charge >= 0.3 is 5.69 Å². The number of methoxy groups -OCH3 is 1. The molecule has 0 bridgehead atoms. The number of imidazole rings is 1. The van der Waals surface area contributed by atoms with Crippen molar-refractivity contribution in [1.29, 1.82) is 0 Å². The van der Waals surface area contributed by atoms with Crippen LogP contribution in [0, 0.1) is 6.92 Å². The number of piperidine rings is 1. The van der Waals surface area contributed by atoms with Gasteiger partial charge in [-0.1, -0.05) is 11.6 Å². The molecule has 148 valence electrons. The van der Waals surface area contributed by atoms with Crippen LogP contribution in [0.25, 0.3) is 11.0 Å². The summed E-state index contributed by atoms with van der Waals surface area (Å²) in [7, 11) is 3.67. The Hall–Kier alpha value is -1.30. The number of nitrogens with zero attached hydrogens (tertiary/aromatic N) is 3. The first-order valence-electron chi connectivity index (χ1n) is 10.1. The maximum absolute atomic E-state index is 12.9. The van der Waals surface area contributed by atoms with Gasteiger partial charge in [0.2, 0.25) is 0 Å². The summed E-state index contributed by atoms with van der Waals surface area (Å²) < 4.78 is 9.25. The molecule has 1 aromatic heterocycles. The molecular formula is C21H30ClN3O2. The summed E-state index contributed by atoms with van der Waals surface area (Å²) in [6.45, 7) is 4.15. The van der Waals surface area contributed by atoms with Crippen molar-refractivity contribution in [3.63, 3.8) is 0 Å². The van der Waals surface area contributed by atoms with Crippen LogP contribution < -0.4 is 5.69 Å². The van der Waals surface area contributed by atoms with Crippen molar-refractivity contribution in [2.75, 3.05) is 20.2 Å². The lowest BCUT2D eigenvalue weighted by atomic mass is 9.90. The first-order chi connectivity index (χ1) is 13.0. The Morgan fingerprint density at radius 3 is 2.30 bits per heavy atom. The van der Waals surface area contributed by atoms with E-state index in [1.807, 2.05) is 31.7 Å². The third-order valence-corrected chi connectivity index (χ3v) is 7.13. The van der Waals surface area contributed by atoms with Gasteiger partial charge in [0, 0.05) is 44.4 Å². The zero-order valence-corrected chi connectivity index (χ0v) is 17.3. The number of likely N-dealkylation sites (tertiary alicyclic amines) is 1. The Bertz CT molecular complexity index is 872. The molecule has 0 unspecified atom stereocenters. The van der Waals surface area contributed by atoms with E-state index in [-0.39, 0.29) is 11.7 Å². The van der Waals surface area contributed by atoms with E-state index in [4.69, 9.17) is 16.3 Å². The quantitative estimate of drug-likeness (QED) is 0.796. The SMILES string of the molecule is CO[C@H]1CC[C@@H](N2CCC(n3c(=O)n(C)c4cc(Cl)c(C)cc43)CC2)CC1. The topological polar surface area (TPSA) is 39.4 Å². The molecule has 0 atom stereocenters. The smallest absolute Gasteiger partial charge is 0.329 e. The van der Waals surface area contributed by atoms with Crippen molar-refractivity contribution in [1.82, 2.24) is 14.0 Å². The molecular weight excluding hydrogens is 362 g/mol. The monoisotopic (exact) mass is 391 g/mol. The van der Waals surface area contributed by atoms with E-state index in [0.29, 0.717) is 12.1 Å². The predicted molar refractivity (Wildman–Crippen MR) is 110 cm³/mol. The number of benzene rings is 1. The molecule has 2 fully saturated rings. The number of hydrogen-bond acceptors (Lipinski definition) is 3. The van der Waals surface area contributed by atoms with E-state index in [2.05, 4.69) is 11.0 Å². The fourth-order valence-electron chi connectivity index (χ4n) is 4.99. The fraction of sp³-hybridized carbons (Fsp3) is 0.667. The summed E-state index contributed by atoms with van der Waals surface area (Å²) in [6, 6.07) is 4.95. The number of hydrogen-bond donors (Lipinski definition) is 0. The number of rotatable bonds is 3. The van der Waals surface area contributed by atoms with Crippen LogP contribution in [0.15, 0.2) is 16.9 Å². The Balaban J connectivity index is 1.51. The molecule has 0 N–H and O–H groups in total. The molecule has 4 rings (SSSR count). The first-order valence-corrected chi connectivity index (χ1v) is 10.5. The van der Waals surface area contributed by atoms with Gasteiger partial charge < -0.3 is 9.64 Å². The minimum Gasteiger partial charge on any atom is -0.381 e. The molecule has 0 spiro atoms. The summed E-state index contributed by atoms with van der Waals surface area (Å²) in [5, 5.41) is 0.719. The average Bonchev–Trinajstić information content (AvgIpc) is 2.93. The minimum atomic E-state index is 0.0747. The van der Waals surface area contributed by atoms with Gasteiger partial charge in [-0.15, -0.1) is 0 Å². The summed E-state index contributed by atoms with van der Waals surface area (Å²) in [5.41, 5.74) is 3.04. The zero-order valence-electron chi connectivity index (χ0n) is 16.6. The molecule has 1 aromatic carbocycles. The largest absolute Gasteiger partial charge is 0.381 e. The fourth-order valence-corrected chi connectivity index (χ4v) is 5.15. The first kappa shape index (κ1) is 19.0. The van der Waals surface area contributed by atoms with Gasteiger partial charge in [0.05, 0.1) is 17.1 Å². The van der Waals surface area contributed by atoms with Crippen LogP contribution in [0.5, 0.6) is 0 Å². The number of fused-ring (bicyclic) bond motifs is 1. The van der Waals surface area contributed by atoms with Crippen molar-refractivity contribution < 1.29 is 4.74 Å². The molecule has 2 aromatic rings. The third-order valence-electron chi connectivity index (χ3n) is 6.73. The Kier molecular flexibility index (Phi) is 5.36. The highest BCUT2D eigenvalue weighted by molar-refractivity contribution is 6.32. The van der Waals surface area contributed by atoms with Crippen LogP contribution >= 0.6 is 11.6 Å². The summed E-state index contributed by atoms with van der Waals surface area (Å²) in [4.78, 5) is 15.6. The van der Waals surface area contributed by atoms with E-state index in [1.54, 1.807) is 4.57 Å². The van der Waals surface area contributed by atoms with Gasteiger partial charge in [0.25, 0.3) is 0 Å². The van der Waals surface area contributed by atoms with Gasteiger partial charge in [-0.2, -0.15) is 0 Å². The second-order valence-electron chi connectivity index (χ2n) is 8.24. The van der Waals surface area contributed by atoms with Crippen LogP contribution in [0.1, 0.15) is 50.1 Å². The van der Waals surface area contributed by atoms with Crippen LogP contribution in [0.2, 0.25) is 5.02 Å². The molecule has 6 heteroatoms. The van der Waals surface area contributed by atoms with Crippen LogP contribution in [-0.4, -0.2) is 46.4 Å². The van der Waals surface area contributed by atoms with Crippen molar-refractivity contribution >= 4 is 22.6 Å². The van der Waals surface area contributed by atoms with Crippen LogP contribution in [0.3, 0.4) is 0 Å². The standard InChI is InChI=1S/C21H30ClN3O2/c1-14-12-20-19(13-18(14)22)23(2)21(26)25(20)16-8-10-24(11-9-16)15-4-6-17(27-3)7-5-15/h12-13,15-17H,4-11H2,1-3H3/t15-,17+. The molecule has 0 radical (unpaired) electrons. The maximum atomic E-state index is 12.9. The number of halogens is 1. The third kappa shape index (κ3) is 3.45. The van der Waals surface area contributed by atoms with Gasteiger partial charge in [-0.3, -0.25) is 9.13 Å². The van der Waals surface area contributed by atoms with Gasteiger partial charge in [0.1, 0.15) is 0 Å².